The largest absolute Gasteiger partial charge is 0.423 e. The fraction of sp³-hybridized carbons (Fsp3) is 0.115. The third-order valence-electron chi connectivity index (χ3n) is 5.59. The highest BCUT2D eigenvalue weighted by molar-refractivity contribution is 9.10. The van der Waals surface area contributed by atoms with E-state index in [0.717, 1.165) is 21.6 Å². The number of carbonyl (C=O) groups excluding carboxylic acids is 5. The average Bonchev–Trinajstić information content (AvgIpc) is 3.25. The van der Waals surface area contributed by atoms with E-state index in [0.29, 0.717) is 10.6 Å². The minimum absolute atomic E-state index is 0.0499. The van der Waals surface area contributed by atoms with Crippen molar-refractivity contribution < 1.29 is 33.6 Å². The normalized spacial score (nSPS) is 12.8. The molecule has 1 heterocycles. The Hall–Kier alpha value is -4.71. The lowest BCUT2D eigenvalue weighted by Gasteiger charge is -2.29. The molecule has 1 aliphatic rings. The van der Waals surface area contributed by atoms with Crippen LogP contribution in [-0.2, 0) is 9.59 Å². The van der Waals surface area contributed by atoms with Crippen LogP contribution < -0.4 is 4.74 Å². The van der Waals surface area contributed by atoms with E-state index in [9.17, 15) is 34.1 Å². The molecule has 0 atom stereocenters. The summed E-state index contributed by atoms with van der Waals surface area (Å²) in [6.07, 6.45) is -0.231. The van der Waals surface area contributed by atoms with Gasteiger partial charge >= 0.3 is 5.97 Å². The standard InChI is InChI=1S/C26H18BrN3O8/c27-19-7-1-18(2-8-19)26(35)38-21-11-5-16(6-12-21)22(31)15-28(29-23(32)13-14-24(29)33)25(34)17-3-9-20(10-4-17)30(36)37/h1-12H,13-15H2. The Labute approximate surface area is 223 Å². The van der Waals surface area contributed by atoms with Crippen molar-refractivity contribution in [3.8, 4) is 5.75 Å². The number of nitrogens with zero attached hydrogens (tertiary/aromatic N) is 3. The van der Waals surface area contributed by atoms with Gasteiger partial charge in [-0.2, -0.15) is 5.01 Å². The van der Waals surface area contributed by atoms with Gasteiger partial charge in [0.15, 0.2) is 5.78 Å². The second kappa shape index (κ2) is 11.1. The summed E-state index contributed by atoms with van der Waals surface area (Å²) in [5.41, 5.74) is 0.160. The van der Waals surface area contributed by atoms with Gasteiger partial charge in [0.1, 0.15) is 12.3 Å². The number of rotatable bonds is 8. The molecule has 0 bridgehead atoms. The highest BCUT2D eigenvalue weighted by atomic mass is 79.9. The van der Waals surface area contributed by atoms with E-state index < -0.39 is 40.9 Å². The Morgan fingerprint density at radius 3 is 1.92 bits per heavy atom. The summed E-state index contributed by atoms with van der Waals surface area (Å²) >= 11 is 3.28. The number of ether oxygens (including phenoxy) is 1. The molecule has 1 aliphatic heterocycles. The Kier molecular flexibility index (Phi) is 7.72. The van der Waals surface area contributed by atoms with E-state index in [4.69, 9.17) is 4.74 Å². The summed E-state index contributed by atoms with van der Waals surface area (Å²) in [5, 5.41) is 12.3. The molecule has 0 spiro atoms. The molecule has 3 aromatic carbocycles. The van der Waals surface area contributed by atoms with Gasteiger partial charge in [0, 0.05) is 40.6 Å². The molecule has 1 fully saturated rings. The van der Waals surface area contributed by atoms with Crippen molar-refractivity contribution in [2.75, 3.05) is 6.54 Å². The summed E-state index contributed by atoms with van der Waals surface area (Å²) in [4.78, 5) is 73.6. The number of esters is 1. The zero-order valence-corrected chi connectivity index (χ0v) is 21.1. The van der Waals surface area contributed by atoms with Crippen LogP contribution in [0.3, 0.4) is 0 Å². The van der Waals surface area contributed by atoms with Gasteiger partial charge in [-0.1, -0.05) is 15.9 Å². The molecule has 4 rings (SSSR count). The van der Waals surface area contributed by atoms with E-state index in [1.807, 2.05) is 0 Å². The molecule has 3 aromatic rings. The molecular formula is C26H18BrN3O8. The van der Waals surface area contributed by atoms with Gasteiger partial charge in [0.2, 0.25) is 11.8 Å². The lowest BCUT2D eigenvalue weighted by atomic mass is 10.1. The van der Waals surface area contributed by atoms with Crippen molar-refractivity contribution in [3.63, 3.8) is 0 Å². The van der Waals surface area contributed by atoms with Gasteiger partial charge in [-0.15, -0.1) is 0 Å². The number of imide groups is 1. The van der Waals surface area contributed by atoms with Crippen molar-refractivity contribution in [1.29, 1.82) is 0 Å². The molecule has 0 aliphatic carbocycles. The first-order valence-electron chi connectivity index (χ1n) is 11.2. The molecule has 38 heavy (non-hydrogen) atoms. The van der Waals surface area contributed by atoms with E-state index in [-0.39, 0.29) is 35.4 Å². The maximum atomic E-state index is 13.2. The predicted molar refractivity (Wildman–Crippen MR) is 135 cm³/mol. The Balaban J connectivity index is 1.51. The van der Waals surface area contributed by atoms with Gasteiger partial charge in [-0.25, -0.2) is 9.80 Å². The highest BCUT2D eigenvalue weighted by Crippen LogP contribution is 2.21. The third-order valence-corrected chi connectivity index (χ3v) is 6.11. The number of hydrogen-bond acceptors (Lipinski definition) is 8. The Morgan fingerprint density at radius 1 is 0.842 bits per heavy atom. The van der Waals surface area contributed by atoms with Crippen molar-refractivity contribution in [2.45, 2.75) is 12.8 Å². The number of hydrogen-bond donors (Lipinski definition) is 0. The quantitative estimate of drug-likeness (QED) is 0.0973. The number of ketones is 1. The van der Waals surface area contributed by atoms with Gasteiger partial charge in [-0.05, 0) is 60.7 Å². The topological polar surface area (TPSA) is 144 Å². The summed E-state index contributed by atoms with van der Waals surface area (Å²) in [6, 6.07) is 16.7. The molecule has 0 N–H and O–H groups in total. The minimum Gasteiger partial charge on any atom is -0.423 e. The number of halogens is 1. The zero-order chi connectivity index (χ0) is 27.4. The van der Waals surface area contributed by atoms with Crippen molar-refractivity contribution in [1.82, 2.24) is 10.0 Å². The third kappa shape index (κ3) is 5.81. The molecule has 12 heteroatoms. The Morgan fingerprint density at radius 2 is 1.37 bits per heavy atom. The number of carbonyl (C=O) groups is 5. The molecule has 0 aromatic heterocycles. The van der Waals surface area contributed by atoms with E-state index in [2.05, 4.69) is 15.9 Å². The number of benzene rings is 3. The molecule has 0 radical (unpaired) electrons. The fourth-order valence-electron chi connectivity index (χ4n) is 3.63. The van der Waals surface area contributed by atoms with Crippen molar-refractivity contribution in [2.24, 2.45) is 0 Å². The van der Waals surface area contributed by atoms with Gasteiger partial charge in [-0.3, -0.25) is 29.3 Å². The second-order valence-electron chi connectivity index (χ2n) is 8.11. The van der Waals surface area contributed by atoms with E-state index >= 15 is 0 Å². The van der Waals surface area contributed by atoms with Crippen LogP contribution in [-0.4, -0.2) is 51.0 Å². The average molecular weight is 580 g/mol. The maximum Gasteiger partial charge on any atom is 0.343 e. The van der Waals surface area contributed by atoms with E-state index in [1.54, 1.807) is 24.3 Å². The molecule has 11 nitrogen and oxygen atoms in total. The van der Waals surface area contributed by atoms with E-state index in [1.165, 1.54) is 36.4 Å². The second-order valence-corrected chi connectivity index (χ2v) is 9.03. The molecule has 1 saturated heterocycles. The van der Waals surface area contributed by atoms with Crippen molar-refractivity contribution in [3.05, 3.63) is 104 Å². The summed E-state index contributed by atoms with van der Waals surface area (Å²) < 4.78 is 6.11. The lowest BCUT2D eigenvalue weighted by molar-refractivity contribution is -0.384. The molecular weight excluding hydrogens is 562 g/mol. The minimum atomic E-state index is -0.850. The first-order valence-corrected chi connectivity index (χ1v) is 12.0. The van der Waals surface area contributed by atoms with Gasteiger partial charge in [0.25, 0.3) is 11.6 Å². The Bertz CT molecular complexity index is 1420. The molecule has 0 unspecified atom stereocenters. The number of amides is 3. The van der Waals surface area contributed by atoms with Gasteiger partial charge in [0.05, 0.1) is 10.5 Å². The van der Waals surface area contributed by atoms with Crippen LogP contribution >= 0.6 is 15.9 Å². The molecule has 192 valence electrons. The van der Waals surface area contributed by atoms with Crippen LogP contribution in [0.2, 0.25) is 0 Å². The number of hydrazine groups is 1. The smallest absolute Gasteiger partial charge is 0.343 e. The number of nitro benzene ring substituents is 1. The fourth-order valence-corrected chi connectivity index (χ4v) is 3.89. The number of non-ortho nitro benzene ring substituents is 1. The predicted octanol–water partition coefficient (Wildman–Crippen LogP) is 3.97. The van der Waals surface area contributed by atoms with Crippen LogP contribution in [0.25, 0.3) is 0 Å². The van der Waals surface area contributed by atoms with Crippen LogP contribution in [0, 0.1) is 10.1 Å². The van der Waals surface area contributed by atoms with Crippen LogP contribution in [0.4, 0.5) is 5.69 Å². The van der Waals surface area contributed by atoms with Crippen LogP contribution in [0.5, 0.6) is 5.75 Å². The highest BCUT2D eigenvalue weighted by Gasteiger charge is 2.38. The monoisotopic (exact) mass is 579 g/mol. The lowest BCUT2D eigenvalue weighted by Crippen LogP contribution is -2.51. The first-order chi connectivity index (χ1) is 18.1. The molecule has 0 saturated carbocycles. The number of nitro groups is 1. The number of Topliss-reactive ketones (excluding diaryl/α,β-unsaturated/α-hetero) is 1. The zero-order valence-electron chi connectivity index (χ0n) is 19.5. The van der Waals surface area contributed by atoms with Crippen LogP contribution in [0.1, 0.15) is 43.9 Å². The van der Waals surface area contributed by atoms with Gasteiger partial charge < -0.3 is 4.74 Å². The van der Waals surface area contributed by atoms with Crippen molar-refractivity contribution >= 4 is 51.1 Å². The maximum absolute atomic E-state index is 13.2. The summed E-state index contributed by atoms with van der Waals surface area (Å²) in [7, 11) is 0. The summed E-state index contributed by atoms with van der Waals surface area (Å²) in [5.74, 6) is -3.15. The SMILES string of the molecule is O=C(CN(C(=O)c1ccc([N+](=O)[O-])cc1)N1C(=O)CCC1=O)c1ccc(OC(=O)c2ccc(Br)cc2)cc1. The van der Waals surface area contributed by atoms with Crippen LogP contribution in [0.15, 0.2) is 77.3 Å². The first kappa shape index (κ1) is 26.4. The summed E-state index contributed by atoms with van der Waals surface area (Å²) in [6.45, 7) is -0.647. The molecule has 3 amide bonds.